The van der Waals surface area contributed by atoms with Crippen molar-refractivity contribution in [1.29, 1.82) is 0 Å². The first-order valence-corrected chi connectivity index (χ1v) is 6.80. The number of fused-ring (bicyclic) bond motifs is 1. The van der Waals surface area contributed by atoms with Gasteiger partial charge in [-0.05, 0) is 23.8 Å². The van der Waals surface area contributed by atoms with Crippen molar-refractivity contribution in [1.82, 2.24) is 10.3 Å². The Hall–Kier alpha value is -2.69. The third kappa shape index (κ3) is 2.91. The molecular weight excluding hydrogens is 266 g/mol. The highest BCUT2D eigenvalue weighted by atomic mass is 16.2. The van der Waals surface area contributed by atoms with Crippen molar-refractivity contribution < 1.29 is 9.59 Å². The average Bonchev–Trinajstić information content (AvgIpc) is 2.52. The van der Waals surface area contributed by atoms with Crippen molar-refractivity contribution in [2.75, 3.05) is 5.32 Å². The van der Waals surface area contributed by atoms with Crippen LogP contribution < -0.4 is 10.6 Å². The molecule has 2 N–H and O–H groups in total. The molecule has 2 amide bonds. The van der Waals surface area contributed by atoms with Gasteiger partial charge in [-0.1, -0.05) is 24.3 Å². The SMILES string of the molecule is O=C1C[C@@H](C(=O)NCc2ccccn2)c2ccccc2N1. The van der Waals surface area contributed by atoms with E-state index in [0.29, 0.717) is 12.2 Å². The number of benzene rings is 1. The minimum Gasteiger partial charge on any atom is -0.350 e. The van der Waals surface area contributed by atoms with E-state index in [2.05, 4.69) is 15.6 Å². The summed E-state index contributed by atoms with van der Waals surface area (Å²) in [5, 5.41) is 5.64. The lowest BCUT2D eigenvalue weighted by Crippen LogP contribution is -2.34. The van der Waals surface area contributed by atoms with Crippen LogP contribution in [0, 0.1) is 0 Å². The molecule has 1 aliphatic rings. The molecule has 21 heavy (non-hydrogen) atoms. The average molecular weight is 281 g/mol. The monoisotopic (exact) mass is 281 g/mol. The van der Waals surface area contributed by atoms with E-state index in [1.165, 1.54) is 0 Å². The van der Waals surface area contributed by atoms with Crippen LogP contribution in [0.15, 0.2) is 48.7 Å². The normalized spacial score (nSPS) is 16.8. The van der Waals surface area contributed by atoms with Crippen LogP contribution >= 0.6 is 0 Å². The molecule has 0 spiro atoms. The molecule has 0 radical (unpaired) electrons. The molecule has 1 aromatic carbocycles. The van der Waals surface area contributed by atoms with Gasteiger partial charge in [0.05, 0.1) is 18.2 Å². The van der Waals surface area contributed by atoms with Gasteiger partial charge in [0.25, 0.3) is 0 Å². The lowest BCUT2D eigenvalue weighted by molar-refractivity contribution is -0.126. The second kappa shape index (κ2) is 5.75. The number of anilines is 1. The molecule has 0 saturated carbocycles. The summed E-state index contributed by atoms with van der Waals surface area (Å²) >= 11 is 0. The number of para-hydroxylation sites is 1. The number of nitrogens with zero attached hydrogens (tertiary/aromatic N) is 1. The Morgan fingerprint density at radius 2 is 2.05 bits per heavy atom. The minimum atomic E-state index is -0.446. The maximum absolute atomic E-state index is 12.4. The number of aromatic nitrogens is 1. The van der Waals surface area contributed by atoms with Crippen LogP contribution in [-0.4, -0.2) is 16.8 Å². The minimum absolute atomic E-state index is 0.133. The number of nitrogens with one attached hydrogen (secondary N) is 2. The molecule has 0 bridgehead atoms. The van der Waals surface area contributed by atoms with Gasteiger partial charge in [0.2, 0.25) is 11.8 Å². The molecule has 0 fully saturated rings. The predicted octanol–water partition coefficient (Wildman–Crippen LogP) is 1.82. The van der Waals surface area contributed by atoms with Crippen molar-refractivity contribution in [3.63, 3.8) is 0 Å². The van der Waals surface area contributed by atoms with Crippen LogP contribution in [0.2, 0.25) is 0 Å². The summed E-state index contributed by atoms with van der Waals surface area (Å²) in [6.07, 6.45) is 1.86. The summed E-state index contributed by atoms with van der Waals surface area (Å²) in [6, 6.07) is 12.9. The van der Waals surface area contributed by atoms with Crippen molar-refractivity contribution in [3.8, 4) is 0 Å². The fourth-order valence-electron chi connectivity index (χ4n) is 2.45. The summed E-state index contributed by atoms with van der Waals surface area (Å²) in [6.45, 7) is 0.361. The number of carbonyl (C=O) groups excluding carboxylic acids is 2. The van der Waals surface area contributed by atoms with Gasteiger partial charge in [0.1, 0.15) is 0 Å². The molecule has 1 aliphatic heterocycles. The van der Waals surface area contributed by atoms with Gasteiger partial charge in [-0.25, -0.2) is 0 Å². The second-order valence-corrected chi connectivity index (χ2v) is 4.93. The fourth-order valence-corrected chi connectivity index (χ4v) is 2.45. The van der Waals surface area contributed by atoms with E-state index < -0.39 is 5.92 Å². The van der Waals surface area contributed by atoms with Crippen molar-refractivity contribution in [2.45, 2.75) is 18.9 Å². The summed E-state index contributed by atoms with van der Waals surface area (Å²) in [5.41, 5.74) is 2.36. The molecule has 1 atom stereocenters. The van der Waals surface area contributed by atoms with E-state index in [-0.39, 0.29) is 18.2 Å². The van der Waals surface area contributed by atoms with Gasteiger partial charge in [0, 0.05) is 18.3 Å². The maximum atomic E-state index is 12.4. The largest absolute Gasteiger partial charge is 0.350 e. The zero-order chi connectivity index (χ0) is 14.7. The maximum Gasteiger partial charge on any atom is 0.228 e. The molecule has 106 valence electrons. The second-order valence-electron chi connectivity index (χ2n) is 4.93. The standard InChI is InChI=1S/C16H15N3O2/c20-15-9-13(12-6-1-2-7-14(12)19-15)16(21)18-10-11-5-3-4-8-17-11/h1-8,13H,9-10H2,(H,18,21)(H,19,20)/t13-/m1/s1. The summed E-state index contributed by atoms with van der Waals surface area (Å²) in [4.78, 5) is 28.2. The van der Waals surface area contributed by atoms with Gasteiger partial charge in [-0.15, -0.1) is 0 Å². The Balaban J connectivity index is 1.74. The van der Waals surface area contributed by atoms with Crippen LogP contribution in [0.4, 0.5) is 5.69 Å². The Bertz CT molecular complexity index is 670. The van der Waals surface area contributed by atoms with Gasteiger partial charge < -0.3 is 10.6 Å². The number of hydrogen-bond acceptors (Lipinski definition) is 3. The van der Waals surface area contributed by atoms with Crippen LogP contribution in [-0.2, 0) is 16.1 Å². The van der Waals surface area contributed by atoms with E-state index in [4.69, 9.17) is 0 Å². The Labute approximate surface area is 122 Å². The molecule has 3 rings (SSSR count). The summed E-state index contributed by atoms with van der Waals surface area (Å²) in [5.74, 6) is -0.728. The molecule has 2 heterocycles. The van der Waals surface area contributed by atoms with E-state index in [9.17, 15) is 9.59 Å². The number of rotatable bonds is 3. The first kappa shape index (κ1) is 13.3. The molecular formula is C16H15N3O2. The van der Waals surface area contributed by atoms with E-state index >= 15 is 0 Å². The Morgan fingerprint density at radius 1 is 1.24 bits per heavy atom. The highest BCUT2D eigenvalue weighted by Crippen LogP contribution is 2.31. The zero-order valence-corrected chi connectivity index (χ0v) is 11.4. The number of hydrogen-bond donors (Lipinski definition) is 2. The van der Waals surface area contributed by atoms with Crippen molar-refractivity contribution in [2.24, 2.45) is 0 Å². The van der Waals surface area contributed by atoms with E-state index in [1.807, 2.05) is 42.5 Å². The third-order valence-electron chi connectivity index (χ3n) is 3.49. The summed E-state index contributed by atoms with van der Waals surface area (Å²) in [7, 11) is 0. The highest BCUT2D eigenvalue weighted by Gasteiger charge is 2.30. The van der Waals surface area contributed by atoms with Crippen LogP contribution in [0.3, 0.4) is 0 Å². The Kier molecular flexibility index (Phi) is 3.64. The van der Waals surface area contributed by atoms with E-state index in [1.54, 1.807) is 6.20 Å². The first-order valence-electron chi connectivity index (χ1n) is 6.80. The van der Waals surface area contributed by atoms with E-state index in [0.717, 1.165) is 11.3 Å². The first-order chi connectivity index (χ1) is 10.2. The number of carbonyl (C=O) groups is 2. The molecule has 5 nitrogen and oxygen atoms in total. The zero-order valence-electron chi connectivity index (χ0n) is 11.4. The highest BCUT2D eigenvalue weighted by molar-refractivity contribution is 6.01. The van der Waals surface area contributed by atoms with Crippen LogP contribution in [0.5, 0.6) is 0 Å². The quantitative estimate of drug-likeness (QED) is 0.901. The summed E-state index contributed by atoms with van der Waals surface area (Å²) < 4.78 is 0. The molecule has 1 aromatic heterocycles. The fraction of sp³-hybridized carbons (Fsp3) is 0.188. The lowest BCUT2D eigenvalue weighted by Gasteiger charge is -2.24. The number of amides is 2. The molecule has 2 aromatic rings. The molecule has 0 unspecified atom stereocenters. The van der Waals surface area contributed by atoms with Crippen LogP contribution in [0.1, 0.15) is 23.6 Å². The topological polar surface area (TPSA) is 71.1 Å². The smallest absolute Gasteiger partial charge is 0.228 e. The molecule has 5 heteroatoms. The van der Waals surface area contributed by atoms with Gasteiger partial charge in [-0.2, -0.15) is 0 Å². The van der Waals surface area contributed by atoms with Gasteiger partial charge in [0.15, 0.2) is 0 Å². The van der Waals surface area contributed by atoms with Crippen LogP contribution in [0.25, 0.3) is 0 Å². The Morgan fingerprint density at radius 3 is 2.86 bits per heavy atom. The lowest BCUT2D eigenvalue weighted by atomic mass is 9.90. The molecule has 0 saturated heterocycles. The van der Waals surface area contributed by atoms with Gasteiger partial charge in [-0.3, -0.25) is 14.6 Å². The van der Waals surface area contributed by atoms with Crippen molar-refractivity contribution >= 4 is 17.5 Å². The van der Waals surface area contributed by atoms with Crippen molar-refractivity contribution in [3.05, 3.63) is 59.9 Å². The third-order valence-corrected chi connectivity index (χ3v) is 3.49. The predicted molar refractivity (Wildman–Crippen MR) is 78.5 cm³/mol. The molecule has 0 aliphatic carbocycles. The van der Waals surface area contributed by atoms with Gasteiger partial charge >= 0.3 is 0 Å². The number of pyridine rings is 1.